The summed E-state index contributed by atoms with van der Waals surface area (Å²) in [5.41, 5.74) is 3.58. The van der Waals surface area contributed by atoms with Crippen molar-refractivity contribution in [2.75, 3.05) is 6.61 Å². The molecule has 0 bridgehead atoms. The molecule has 3 aromatic carbocycles. The first-order valence-corrected chi connectivity index (χ1v) is 15.6. The van der Waals surface area contributed by atoms with Gasteiger partial charge < -0.3 is 0 Å². The first-order chi connectivity index (χ1) is 18.5. The lowest BCUT2D eigenvalue weighted by atomic mass is 10.0. The van der Waals surface area contributed by atoms with Crippen molar-refractivity contribution < 1.29 is 17.4 Å². The summed E-state index contributed by atoms with van der Waals surface area (Å²) >= 11 is 0. The molecular weight excluding hydrogens is 492 g/mol. The second-order valence-corrected chi connectivity index (χ2v) is 11.6. The van der Waals surface area contributed by atoms with Crippen LogP contribution in [0, 0.1) is 0 Å². The van der Waals surface area contributed by atoms with E-state index in [2.05, 4.69) is 6.92 Å². The number of aryl methyl sites for hydroxylation is 1. The summed E-state index contributed by atoms with van der Waals surface area (Å²) in [6.07, 6.45) is 15.3. The molecular formula is C33H42O4S. The minimum Gasteiger partial charge on any atom is -0.291 e. The Bertz CT molecular complexity index is 1180. The Morgan fingerprint density at radius 1 is 0.632 bits per heavy atom. The average molecular weight is 535 g/mol. The van der Waals surface area contributed by atoms with E-state index in [1.165, 1.54) is 64.2 Å². The molecule has 0 aromatic heterocycles. The number of unbranched alkanes of at least 4 members (excludes halogenated alkanes) is 10. The largest absolute Gasteiger partial charge is 0.297 e. The smallest absolute Gasteiger partial charge is 0.291 e. The van der Waals surface area contributed by atoms with Gasteiger partial charge in [-0.15, -0.1) is 0 Å². The van der Waals surface area contributed by atoms with Gasteiger partial charge in [0.2, 0.25) is 0 Å². The lowest BCUT2D eigenvalue weighted by Gasteiger charge is -2.08. The zero-order valence-corrected chi connectivity index (χ0v) is 23.6. The van der Waals surface area contributed by atoms with Crippen molar-refractivity contribution >= 4 is 15.9 Å². The first kappa shape index (κ1) is 29.8. The molecule has 0 aliphatic heterocycles. The highest BCUT2D eigenvalue weighted by Gasteiger charge is 2.18. The normalized spacial score (nSPS) is 11.5. The zero-order valence-electron chi connectivity index (χ0n) is 22.7. The molecule has 3 aromatic rings. The third kappa shape index (κ3) is 10.2. The minimum atomic E-state index is -4.00. The molecule has 0 saturated heterocycles. The van der Waals surface area contributed by atoms with Gasteiger partial charge in [0.05, 0.1) is 4.90 Å². The number of benzene rings is 3. The van der Waals surface area contributed by atoms with Gasteiger partial charge in [-0.2, -0.15) is 8.42 Å². The van der Waals surface area contributed by atoms with Crippen LogP contribution >= 0.6 is 0 Å². The first-order valence-electron chi connectivity index (χ1n) is 14.2. The molecule has 0 atom stereocenters. The maximum atomic E-state index is 12.6. The molecule has 5 heteroatoms. The standard InChI is InChI=1S/C33H42O4S/c1-2-3-4-5-6-7-8-9-10-11-13-16-28-19-25-32(26-20-28)38(35,36)37-27-33(34)31-23-21-30(22-24-31)29-17-14-12-15-18-29/h12,14-15,17-26H,2-11,13,16,27H2,1H3. The van der Waals surface area contributed by atoms with Crippen LogP contribution in [-0.4, -0.2) is 20.8 Å². The summed E-state index contributed by atoms with van der Waals surface area (Å²) in [7, 11) is -4.00. The van der Waals surface area contributed by atoms with E-state index in [1.807, 2.05) is 54.6 Å². The Kier molecular flexibility index (Phi) is 12.7. The van der Waals surface area contributed by atoms with Gasteiger partial charge in [0, 0.05) is 5.56 Å². The Morgan fingerprint density at radius 3 is 1.74 bits per heavy atom. The highest BCUT2D eigenvalue weighted by molar-refractivity contribution is 7.86. The van der Waals surface area contributed by atoms with Crippen molar-refractivity contribution in [3.63, 3.8) is 0 Å². The molecule has 0 spiro atoms. The molecule has 0 aliphatic rings. The monoisotopic (exact) mass is 534 g/mol. The molecule has 0 N–H and O–H groups in total. The fourth-order valence-corrected chi connectivity index (χ4v) is 5.45. The van der Waals surface area contributed by atoms with Gasteiger partial charge in [0.15, 0.2) is 5.78 Å². The molecule has 0 aliphatic carbocycles. The van der Waals surface area contributed by atoms with E-state index in [1.54, 1.807) is 24.3 Å². The predicted molar refractivity (Wildman–Crippen MR) is 156 cm³/mol. The van der Waals surface area contributed by atoms with Crippen LogP contribution in [0.3, 0.4) is 0 Å². The zero-order chi connectivity index (χ0) is 27.1. The summed E-state index contributed by atoms with van der Waals surface area (Å²) in [5.74, 6) is -0.374. The van der Waals surface area contributed by atoms with Gasteiger partial charge >= 0.3 is 0 Å². The summed E-state index contributed by atoms with van der Waals surface area (Å²) in [4.78, 5) is 12.6. The van der Waals surface area contributed by atoms with Crippen molar-refractivity contribution in [3.05, 3.63) is 90.0 Å². The van der Waals surface area contributed by atoms with Crippen LogP contribution in [-0.2, 0) is 20.7 Å². The van der Waals surface area contributed by atoms with Crippen LogP contribution in [0.25, 0.3) is 11.1 Å². The van der Waals surface area contributed by atoms with Crippen molar-refractivity contribution in [3.8, 4) is 11.1 Å². The molecule has 3 rings (SSSR count). The lowest BCUT2D eigenvalue weighted by Crippen LogP contribution is -2.14. The number of ketones is 1. The highest BCUT2D eigenvalue weighted by atomic mass is 32.2. The van der Waals surface area contributed by atoms with Gasteiger partial charge in [-0.1, -0.05) is 138 Å². The average Bonchev–Trinajstić information content (AvgIpc) is 2.95. The fraction of sp³-hybridized carbons (Fsp3) is 0.424. The third-order valence-corrected chi connectivity index (χ3v) is 8.22. The van der Waals surface area contributed by atoms with Crippen LogP contribution in [0.5, 0.6) is 0 Å². The van der Waals surface area contributed by atoms with Gasteiger partial charge in [-0.3, -0.25) is 8.98 Å². The summed E-state index contributed by atoms with van der Waals surface area (Å²) in [6, 6.07) is 23.8. The second kappa shape index (κ2) is 16.3. The van der Waals surface area contributed by atoms with Gasteiger partial charge in [0.1, 0.15) is 6.61 Å². The summed E-state index contributed by atoms with van der Waals surface area (Å²) < 4.78 is 30.3. The van der Waals surface area contributed by atoms with E-state index in [9.17, 15) is 13.2 Å². The van der Waals surface area contributed by atoms with E-state index >= 15 is 0 Å². The number of hydrogen-bond acceptors (Lipinski definition) is 4. The van der Waals surface area contributed by atoms with Crippen LogP contribution in [0.1, 0.15) is 93.5 Å². The highest BCUT2D eigenvalue weighted by Crippen LogP contribution is 2.20. The van der Waals surface area contributed by atoms with E-state index < -0.39 is 16.7 Å². The quantitative estimate of drug-likeness (QED) is 0.0929. The molecule has 0 heterocycles. The third-order valence-electron chi connectivity index (χ3n) is 6.94. The van der Waals surface area contributed by atoms with Gasteiger partial charge in [0.25, 0.3) is 10.1 Å². The van der Waals surface area contributed by atoms with Crippen LogP contribution in [0.15, 0.2) is 83.8 Å². The Hall–Kier alpha value is -2.76. The van der Waals surface area contributed by atoms with Crippen LogP contribution in [0.2, 0.25) is 0 Å². The fourth-order valence-electron chi connectivity index (χ4n) is 4.58. The second-order valence-electron chi connectivity index (χ2n) is 10.0. The number of Topliss-reactive ketones (excluding diaryl/α,β-unsaturated/α-hetero) is 1. The van der Waals surface area contributed by atoms with Crippen molar-refractivity contribution in [2.24, 2.45) is 0 Å². The molecule has 0 fully saturated rings. The molecule has 38 heavy (non-hydrogen) atoms. The number of hydrogen-bond donors (Lipinski definition) is 0. The van der Waals surface area contributed by atoms with Crippen molar-refractivity contribution in [1.82, 2.24) is 0 Å². The molecule has 4 nitrogen and oxygen atoms in total. The Morgan fingerprint density at radius 2 is 1.16 bits per heavy atom. The maximum absolute atomic E-state index is 12.6. The molecule has 204 valence electrons. The molecule has 0 radical (unpaired) electrons. The number of carbonyl (C=O) groups excluding carboxylic acids is 1. The van der Waals surface area contributed by atoms with E-state index in [4.69, 9.17) is 4.18 Å². The predicted octanol–water partition coefficient (Wildman–Crippen LogP) is 8.80. The van der Waals surface area contributed by atoms with E-state index in [-0.39, 0.29) is 10.7 Å². The lowest BCUT2D eigenvalue weighted by molar-refractivity contribution is 0.0924. The van der Waals surface area contributed by atoms with Gasteiger partial charge in [-0.05, 0) is 41.7 Å². The Labute approximate surface area is 229 Å². The summed E-state index contributed by atoms with van der Waals surface area (Å²) in [5, 5.41) is 0. The van der Waals surface area contributed by atoms with Gasteiger partial charge in [-0.25, -0.2) is 0 Å². The van der Waals surface area contributed by atoms with Crippen LogP contribution in [0.4, 0.5) is 0 Å². The SMILES string of the molecule is CCCCCCCCCCCCCc1ccc(S(=O)(=O)OCC(=O)c2ccc(-c3ccccc3)cc2)cc1. The van der Waals surface area contributed by atoms with Crippen LogP contribution < -0.4 is 0 Å². The number of carbonyl (C=O) groups is 1. The van der Waals surface area contributed by atoms with Crippen molar-refractivity contribution in [2.45, 2.75) is 88.9 Å². The van der Waals surface area contributed by atoms with E-state index in [0.29, 0.717) is 5.56 Å². The summed E-state index contributed by atoms with van der Waals surface area (Å²) in [6.45, 7) is 1.73. The van der Waals surface area contributed by atoms with E-state index in [0.717, 1.165) is 29.5 Å². The number of rotatable bonds is 18. The molecule has 0 amide bonds. The minimum absolute atomic E-state index is 0.0763. The molecule has 0 saturated carbocycles. The molecule has 0 unspecified atom stereocenters. The van der Waals surface area contributed by atoms with Crippen molar-refractivity contribution in [1.29, 1.82) is 0 Å². The Balaban J connectivity index is 1.36. The maximum Gasteiger partial charge on any atom is 0.297 e. The topological polar surface area (TPSA) is 60.4 Å².